The molecule has 74 valence electrons. The van der Waals surface area contributed by atoms with Crippen LogP contribution in [0.4, 0.5) is 0 Å². The number of ether oxygens (including phenoxy) is 1. The standard InChI is InChI=1S/C11H11IO2/c12-9-3-1-2-4-11(9)14-7-10(13)8-5-6-8/h1-4,8H,5-7H2. The molecule has 0 saturated heterocycles. The first-order valence-corrected chi connectivity index (χ1v) is 5.75. The predicted molar refractivity (Wildman–Crippen MR) is 62.4 cm³/mol. The molecule has 0 atom stereocenters. The van der Waals surface area contributed by atoms with Crippen LogP contribution in [0.5, 0.6) is 5.75 Å². The first-order chi connectivity index (χ1) is 6.77. The van der Waals surface area contributed by atoms with Crippen LogP contribution in [0.15, 0.2) is 24.3 Å². The highest BCUT2D eigenvalue weighted by molar-refractivity contribution is 14.1. The Labute approximate surface area is 96.8 Å². The fourth-order valence-corrected chi connectivity index (χ4v) is 1.78. The van der Waals surface area contributed by atoms with Crippen LogP contribution in [0, 0.1) is 9.49 Å². The van der Waals surface area contributed by atoms with Gasteiger partial charge in [0.1, 0.15) is 12.4 Å². The van der Waals surface area contributed by atoms with Gasteiger partial charge in [-0.25, -0.2) is 0 Å². The molecular formula is C11H11IO2. The van der Waals surface area contributed by atoms with E-state index in [4.69, 9.17) is 4.74 Å². The zero-order valence-corrected chi connectivity index (χ0v) is 9.86. The molecule has 0 bridgehead atoms. The Hall–Kier alpha value is -0.580. The van der Waals surface area contributed by atoms with Gasteiger partial charge < -0.3 is 4.74 Å². The van der Waals surface area contributed by atoms with E-state index in [1.165, 1.54) is 0 Å². The van der Waals surface area contributed by atoms with Gasteiger partial charge in [-0.2, -0.15) is 0 Å². The van der Waals surface area contributed by atoms with E-state index < -0.39 is 0 Å². The molecule has 2 rings (SSSR count). The third-order valence-electron chi connectivity index (χ3n) is 2.24. The number of carbonyl (C=O) groups is 1. The molecule has 0 heterocycles. The van der Waals surface area contributed by atoms with Gasteiger partial charge in [0.2, 0.25) is 0 Å². The van der Waals surface area contributed by atoms with Gasteiger partial charge in [-0.3, -0.25) is 4.79 Å². The van der Waals surface area contributed by atoms with Gasteiger partial charge in [0.15, 0.2) is 5.78 Å². The summed E-state index contributed by atoms with van der Waals surface area (Å²) >= 11 is 2.20. The second-order valence-corrected chi connectivity index (χ2v) is 4.62. The van der Waals surface area contributed by atoms with Crippen molar-refractivity contribution in [3.05, 3.63) is 27.8 Å². The van der Waals surface area contributed by atoms with Crippen LogP contribution >= 0.6 is 22.6 Å². The van der Waals surface area contributed by atoms with Gasteiger partial charge in [0, 0.05) is 5.92 Å². The molecule has 1 aliphatic rings. The lowest BCUT2D eigenvalue weighted by Crippen LogP contribution is -2.13. The molecule has 0 unspecified atom stereocenters. The maximum atomic E-state index is 11.4. The van der Waals surface area contributed by atoms with E-state index in [2.05, 4.69) is 22.6 Å². The summed E-state index contributed by atoms with van der Waals surface area (Å²) in [6, 6.07) is 7.73. The van der Waals surface area contributed by atoms with E-state index in [0.29, 0.717) is 0 Å². The average molecular weight is 302 g/mol. The maximum Gasteiger partial charge on any atom is 0.173 e. The van der Waals surface area contributed by atoms with E-state index in [0.717, 1.165) is 22.2 Å². The molecule has 0 radical (unpaired) electrons. The maximum absolute atomic E-state index is 11.4. The molecule has 1 aliphatic carbocycles. The SMILES string of the molecule is O=C(COc1ccccc1I)C1CC1. The van der Waals surface area contributed by atoms with Gasteiger partial charge in [-0.1, -0.05) is 12.1 Å². The smallest absolute Gasteiger partial charge is 0.173 e. The molecule has 1 fully saturated rings. The van der Waals surface area contributed by atoms with Gasteiger partial charge >= 0.3 is 0 Å². The van der Waals surface area contributed by atoms with Crippen LogP contribution in [0.1, 0.15) is 12.8 Å². The molecule has 0 spiro atoms. The summed E-state index contributed by atoms with van der Waals surface area (Å²) in [4.78, 5) is 11.4. The van der Waals surface area contributed by atoms with Crippen molar-refractivity contribution in [2.45, 2.75) is 12.8 Å². The molecule has 0 aliphatic heterocycles. The quantitative estimate of drug-likeness (QED) is 0.799. The van der Waals surface area contributed by atoms with E-state index >= 15 is 0 Å². The molecule has 3 heteroatoms. The highest BCUT2D eigenvalue weighted by Gasteiger charge is 2.29. The summed E-state index contributed by atoms with van der Waals surface area (Å²) in [7, 11) is 0. The van der Waals surface area contributed by atoms with Crippen molar-refractivity contribution in [3.63, 3.8) is 0 Å². The Kier molecular flexibility index (Phi) is 3.05. The summed E-state index contributed by atoms with van der Waals surface area (Å²) < 4.78 is 6.49. The van der Waals surface area contributed by atoms with E-state index in [9.17, 15) is 4.79 Å². The normalized spacial score (nSPS) is 15.2. The van der Waals surface area contributed by atoms with Crippen molar-refractivity contribution in [1.29, 1.82) is 0 Å². The number of Topliss-reactive ketones (excluding diaryl/α,β-unsaturated/α-hetero) is 1. The third kappa shape index (κ3) is 2.47. The molecular weight excluding hydrogens is 291 g/mol. The van der Waals surface area contributed by atoms with Gasteiger partial charge in [0.05, 0.1) is 3.57 Å². The zero-order chi connectivity index (χ0) is 9.97. The molecule has 1 aromatic carbocycles. The first-order valence-electron chi connectivity index (χ1n) is 4.67. The molecule has 1 aromatic rings. The number of hydrogen-bond donors (Lipinski definition) is 0. The number of ketones is 1. The second kappa shape index (κ2) is 4.29. The van der Waals surface area contributed by atoms with Crippen LogP contribution in [0.25, 0.3) is 0 Å². The molecule has 14 heavy (non-hydrogen) atoms. The minimum atomic E-state index is 0.227. The predicted octanol–water partition coefficient (Wildman–Crippen LogP) is 2.65. The zero-order valence-electron chi connectivity index (χ0n) is 7.70. The highest BCUT2D eigenvalue weighted by atomic mass is 127. The number of benzene rings is 1. The van der Waals surface area contributed by atoms with E-state index in [1.54, 1.807) is 0 Å². The highest BCUT2D eigenvalue weighted by Crippen LogP contribution is 2.30. The molecule has 2 nitrogen and oxygen atoms in total. The Morgan fingerprint density at radius 1 is 1.43 bits per heavy atom. The van der Waals surface area contributed by atoms with Crippen LogP contribution in [0.2, 0.25) is 0 Å². The van der Waals surface area contributed by atoms with E-state index in [-0.39, 0.29) is 18.3 Å². The third-order valence-corrected chi connectivity index (χ3v) is 3.13. The summed E-state index contributed by atoms with van der Waals surface area (Å²) in [6.45, 7) is 0.227. The fraction of sp³-hybridized carbons (Fsp3) is 0.364. The van der Waals surface area contributed by atoms with Gasteiger partial charge in [-0.05, 0) is 47.6 Å². The number of halogens is 1. The molecule has 0 amide bonds. The minimum absolute atomic E-state index is 0.227. The summed E-state index contributed by atoms with van der Waals surface area (Å²) in [5.41, 5.74) is 0. The lowest BCUT2D eigenvalue weighted by atomic mass is 10.3. The lowest BCUT2D eigenvalue weighted by Gasteiger charge is -2.06. The summed E-state index contributed by atoms with van der Waals surface area (Å²) in [5.74, 6) is 1.34. The van der Waals surface area contributed by atoms with Crippen molar-refractivity contribution in [3.8, 4) is 5.75 Å². The van der Waals surface area contributed by atoms with Gasteiger partial charge in [-0.15, -0.1) is 0 Å². The van der Waals surface area contributed by atoms with Crippen molar-refractivity contribution in [2.75, 3.05) is 6.61 Å². The minimum Gasteiger partial charge on any atom is -0.485 e. The Bertz CT molecular complexity index is 345. The van der Waals surface area contributed by atoms with Crippen LogP contribution < -0.4 is 4.74 Å². The summed E-state index contributed by atoms with van der Waals surface area (Å²) in [5, 5.41) is 0. The van der Waals surface area contributed by atoms with Crippen molar-refractivity contribution in [2.24, 2.45) is 5.92 Å². The fourth-order valence-electron chi connectivity index (χ4n) is 1.23. The Morgan fingerprint density at radius 2 is 2.14 bits per heavy atom. The van der Waals surface area contributed by atoms with Crippen molar-refractivity contribution >= 4 is 28.4 Å². The van der Waals surface area contributed by atoms with Crippen LogP contribution in [0.3, 0.4) is 0 Å². The number of carbonyl (C=O) groups excluding carboxylic acids is 1. The topological polar surface area (TPSA) is 26.3 Å². The van der Waals surface area contributed by atoms with Crippen molar-refractivity contribution < 1.29 is 9.53 Å². The first kappa shape index (κ1) is 9.96. The van der Waals surface area contributed by atoms with E-state index in [1.807, 2.05) is 24.3 Å². The Morgan fingerprint density at radius 3 is 2.79 bits per heavy atom. The summed E-state index contributed by atoms with van der Waals surface area (Å²) in [6.07, 6.45) is 2.10. The van der Waals surface area contributed by atoms with Crippen LogP contribution in [-0.4, -0.2) is 12.4 Å². The largest absolute Gasteiger partial charge is 0.485 e. The molecule has 1 saturated carbocycles. The molecule has 0 N–H and O–H groups in total. The van der Waals surface area contributed by atoms with Crippen LogP contribution in [-0.2, 0) is 4.79 Å². The average Bonchev–Trinajstić information content (AvgIpc) is 2.99. The number of rotatable bonds is 4. The monoisotopic (exact) mass is 302 g/mol. The number of hydrogen-bond acceptors (Lipinski definition) is 2. The van der Waals surface area contributed by atoms with Gasteiger partial charge in [0.25, 0.3) is 0 Å². The molecule has 0 aromatic heterocycles. The second-order valence-electron chi connectivity index (χ2n) is 3.46. The lowest BCUT2D eigenvalue weighted by molar-refractivity contribution is -0.122. The Balaban J connectivity index is 1.91. The number of para-hydroxylation sites is 1. The van der Waals surface area contributed by atoms with Crippen molar-refractivity contribution in [1.82, 2.24) is 0 Å².